The van der Waals surface area contributed by atoms with E-state index in [1.807, 2.05) is 13.8 Å². The van der Waals surface area contributed by atoms with Gasteiger partial charge in [0.25, 0.3) is 11.8 Å². The van der Waals surface area contributed by atoms with Gasteiger partial charge in [-0.15, -0.1) is 0 Å². The van der Waals surface area contributed by atoms with Crippen LogP contribution in [0.1, 0.15) is 39.5 Å². The van der Waals surface area contributed by atoms with E-state index in [1.54, 1.807) is 4.90 Å². The minimum absolute atomic E-state index is 0.0444. The molecule has 2 amide bonds. The fourth-order valence-corrected chi connectivity index (χ4v) is 3.76. The van der Waals surface area contributed by atoms with E-state index in [2.05, 4.69) is 0 Å². The lowest BCUT2D eigenvalue weighted by atomic mass is 10.0. The number of ether oxygens (including phenoxy) is 2. The maximum absolute atomic E-state index is 12.8. The van der Waals surface area contributed by atoms with Crippen LogP contribution in [0.15, 0.2) is 0 Å². The van der Waals surface area contributed by atoms with Crippen LogP contribution >= 0.6 is 0 Å². The molecule has 4 atom stereocenters. The van der Waals surface area contributed by atoms with E-state index in [1.165, 1.54) is 4.90 Å². The minimum atomic E-state index is -1.04. The molecule has 8 heteroatoms. The van der Waals surface area contributed by atoms with Crippen molar-refractivity contribution in [1.82, 2.24) is 9.80 Å². The molecule has 0 saturated carbocycles. The van der Waals surface area contributed by atoms with E-state index >= 15 is 0 Å². The van der Waals surface area contributed by atoms with Crippen LogP contribution in [-0.2, 0) is 23.9 Å². The first-order chi connectivity index (χ1) is 11.9. The first kappa shape index (κ1) is 18.1. The van der Waals surface area contributed by atoms with Crippen LogP contribution in [0.25, 0.3) is 0 Å². The van der Waals surface area contributed by atoms with Gasteiger partial charge in [0.05, 0.1) is 6.54 Å². The van der Waals surface area contributed by atoms with E-state index in [9.17, 15) is 19.5 Å². The molecule has 3 rings (SSSR count). The molecule has 0 spiro atoms. The van der Waals surface area contributed by atoms with Crippen molar-refractivity contribution < 1.29 is 29.0 Å². The van der Waals surface area contributed by atoms with Gasteiger partial charge in [-0.1, -0.05) is 13.8 Å². The average Bonchev–Trinajstić information content (AvgIpc) is 2.95. The molecule has 3 aliphatic heterocycles. The standard InChI is InChI=1S/C17H26N2O6/c1-10(2)8-11(17(22)23)19-9-12-24-13(14(25-12)16(19)21)15(20)18-6-4-3-5-7-18/h10-14H,3-9H2,1-2H3,(H,22,23)/t11-,12-,13-,14+/m0/s1. The van der Waals surface area contributed by atoms with Crippen molar-refractivity contribution in [2.24, 2.45) is 5.92 Å². The summed E-state index contributed by atoms with van der Waals surface area (Å²) in [5.74, 6) is -1.60. The molecule has 0 aliphatic carbocycles. The lowest BCUT2D eigenvalue weighted by Gasteiger charge is -2.35. The number of carboxylic acids is 1. The molecular weight excluding hydrogens is 328 g/mol. The first-order valence-electron chi connectivity index (χ1n) is 9.01. The molecule has 0 aromatic carbocycles. The fraction of sp³-hybridized carbons (Fsp3) is 0.824. The third-order valence-electron chi connectivity index (χ3n) is 5.01. The van der Waals surface area contributed by atoms with Crippen molar-refractivity contribution in [3.05, 3.63) is 0 Å². The number of hydrogen-bond donors (Lipinski definition) is 1. The predicted octanol–water partition coefficient (Wildman–Crippen LogP) is 0.451. The third-order valence-corrected chi connectivity index (χ3v) is 5.01. The van der Waals surface area contributed by atoms with Gasteiger partial charge in [0.2, 0.25) is 0 Å². The zero-order valence-electron chi connectivity index (χ0n) is 14.7. The Balaban J connectivity index is 1.74. The number of morpholine rings is 1. The normalized spacial score (nSPS) is 30.7. The highest BCUT2D eigenvalue weighted by atomic mass is 16.7. The van der Waals surface area contributed by atoms with Crippen LogP contribution in [0.5, 0.6) is 0 Å². The summed E-state index contributed by atoms with van der Waals surface area (Å²) in [6.45, 7) is 5.20. The number of carbonyl (C=O) groups excluding carboxylic acids is 2. The Morgan fingerprint density at radius 2 is 1.88 bits per heavy atom. The minimum Gasteiger partial charge on any atom is -0.480 e. The number of likely N-dealkylation sites (tertiary alicyclic amines) is 1. The molecule has 0 radical (unpaired) electrons. The second kappa shape index (κ2) is 7.29. The number of amides is 2. The van der Waals surface area contributed by atoms with E-state index in [4.69, 9.17) is 9.47 Å². The number of rotatable bonds is 5. The van der Waals surface area contributed by atoms with E-state index in [0.717, 1.165) is 19.3 Å². The summed E-state index contributed by atoms with van der Waals surface area (Å²) < 4.78 is 11.2. The Bertz CT molecular complexity index is 545. The van der Waals surface area contributed by atoms with Crippen LogP contribution in [0, 0.1) is 5.92 Å². The van der Waals surface area contributed by atoms with Crippen LogP contribution in [0.4, 0.5) is 0 Å². The van der Waals surface area contributed by atoms with Crippen molar-refractivity contribution in [2.45, 2.75) is 64.1 Å². The number of piperidine rings is 1. The smallest absolute Gasteiger partial charge is 0.326 e. The zero-order chi connectivity index (χ0) is 18.1. The molecule has 8 nitrogen and oxygen atoms in total. The average molecular weight is 354 g/mol. The Labute approximate surface area is 147 Å². The van der Waals surface area contributed by atoms with Crippen molar-refractivity contribution in [3.63, 3.8) is 0 Å². The monoisotopic (exact) mass is 354 g/mol. The van der Waals surface area contributed by atoms with Crippen molar-refractivity contribution in [3.8, 4) is 0 Å². The summed E-state index contributed by atoms with van der Waals surface area (Å²) in [6.07, 6.45) is 0.601. The van der Waals surface area contributed by atoms with Crippen LogP contribution in [-0.4, -0.2) is 76.9 Å². The molecule has 2 bridgehead atoms. The van der Waals surface area contributed by atoms with Gasteiger partial charge in [-0.3, -0.25) is 9.59 Å². The summed E-state index contributed by atoms with van der Waals surface area (Å²) in [5.41, 5.74) is 0. The number of nitrogens with zero attached hydrogens (tertiary/aromatic N) is 2. The van der Waals surface area contributed by atoms with Crippen molar-refractivity contribution in [2.75, 3.05) is 19.6 Å². The molecule has 3 fully saturated rings. The van der Waals surface area contributed by atoms with Crippen LogP contribution in [0.2, 0.25) is 0 Å². The summed E-state index contributed by atoms with van der Waals surface area (Å²) in [7, 11) is 0. The number of aliphatic carboxylic acids is 1. The molecule has 140 valence electrons. The summed E-state index contributed by atoms with van der Waals surface area (Å²) >= 11 is 0. The highest BCUT2D eigenvalue weighted by Crippen LogP contribution is 2.31. The second-order valence-electron chi connectivity index (χ2n) is 7.40. The highest BCUT2D eigenvalue weighted by molar-refractivity contribution is 5.94. The molecular formula is C17H26N2O6. The molecule has 3 aliphatic rings. The predicted molar refractivity (Wildman–Crippen MR) is 86.6 cm³/mol. The van der Waals surface area contributed by atoms with Gasteiger partial charge in [0, 0.05) is 13.1 Å². The maximum Gasteiger partial charge on any atom is 0.326 e. The second-order valence-corrected chi connectivity index (χ2v) is 7.40. The number of fused-ring (bicyclic) bond motifs is 2. The van der Waals surface area contributed by atoms with Gasteiger partial charge >= 0.3 is 5.97 Å². The molecule has 0 unspecified atom stereocenters. The molecule has 1 N–H and O–H groups in total. The molecule has 25 heavy (non-hydrogen) atoms. The Hall–Kier alpha value is -1.67. The van der Waals surface area contributed by atoms with Gasteiger partial charge < -0.3 is 24.4 Å². The summed E-state index contributed by atoms with van der Waals surface area (Å²) in [5, 5.41) is 9.51. The fourth-order valence-electron chi connectivity index (χ4n) is 3.76. The van der Waals surface area contributed by atoms with Crippen LogP contribution in [0.3, 0.4) is 0 Å². The number of carbonyl (C=O) groups is 3. The van der Waals surface area contributed by atoms with E-state index < -0.39 is 36.4 Å². The van der Waals surface area contributed by atoms with Gasteiger partial charge in [-0.2, -0.15) is 0 Å². The maximum atomic E-state index is 12.8. The summed E-state index contributed by atoms with van der Waals surface area (Å²) in [4.78, 5) is 40.2. The van der Waals surface area contributed by atoms with E-state index in [-0.39, 0.29) is 18.4 Å². The Morgan fingerprint density at radius 1 is 1.20 bits per heavy atom. The molecule has 0 aromatic rings. The molecule has 3 heterocycles. The van der Waals surface area contributed by atoms with Crippen molar-refractivity contribution in [1.29, 1.82) is 0 Å². The highest BCUT2D eigenvalue weighted by Gasteiger charge is 2.54. The zero-order valence-corrected chi connectivity index (χ0v) is 14.7. The largest absolute Gasteiger partial charge is 0.480 e. The lowest BCUT2D eigenvalue weighted by Crippen LogP contribution is -2.57. The molecule has 0 aromatic heterocycles. The quantitative estimate of drug-likeness (QED) is 0.770. The van der Waals surface area contributed by atoms with Crippen molar-refractivity contribution >= 4 is 17.8 Å². The van der Waals surface area contributed by atoms with Gasteiger partial charge in [0.15, 0.2) is 18.5 Å². The van der Waals surface area contributed by atoms with Gasteiger partial charge in [0.1, 0.15) is 6.04 Å². The summed E-state index contributed by atoms with van der Waals surface area (Å²) in [6, 6.07) is -0.922. The Morgan fingerprint density at radius 3 is 2.48 bits per heavy atom. The van der Waals surface area contributed by atoms with E-state index in [0.29, 0.717) is 19.5 Å². The SMILES string of the molecule is CC(C)C[C@@H](C(=O)O)N1C[C@H]2O[C@H](C(=O)N3CCCCC3)[C@@H](O2)C1=O. The Kier molecular flexibility index (Phi) is 5.29. The third kappa shape index (κ3) is 3.64. The molecule has 3 saturated heterocycles. The van der Waals surface area contributed by atoms with Gasteiger partial charge in [-0.25, -0.2) is 4.79 Å². The topological polar surface area (TPSA) is 96.4 Å². The van der Waals surface area contributed by atoms with Gasteiger partial charge in [-0.05, 0) is 31.6 Å². The first-order valence-corrected chi connectivity index (χ1v) is 9.01. The lowest BCUT2D eigenvalue weighted by molar-refractivity contribution is -0.173. The number of hydrogen-bond acceptors (Lipinski definition) is 5. The van der Waals surface area contributed by atoms with Crippen LogP contribution < -0.4 is 0 Å². The number of carboxylic acid groups (broad SMARTS) is 1.